The number of pyridine rings is 1. The molecule has 126 valence electrons. The third-order valence-corrected chi connectivity index (χ3v) is 4.23. The molecule has 1 atom stereocenters. The summed E-state index contributed by atoms with van der Waals surface area (Å²) in [7, 11) is 0. The van der Waals surface area contributed by atoms with Gasteiger partial charge in [-0.1, -0.05) is 56.0 Å². The fourth-order valence-electron chi connectivity index (χ4n) is 2.93. The molecule has 5 nitrogen and oxygen atoms in total. The summed E-state index contributed by atoms with van der Waals surface area (Å²) in [4.78, 5) is 4.39. The number of para-hydroxylation sites is 1. The molecular weight excluding hydrogens is 298 g/mol. The maximum atomic E-state index is 4.39. The SMILES string of the molecule is CCCCCCC[C@H](Nc1ccccn1)n1nnc2ccccc21. The van der Waals surface area contributed by atoms with Crippen molar-refractivity contribution in [1.82, 2.24) is 20.0 Å². The fourth-order valence-corrected chi connectivity index (χ4v) is 2.93. The van der Waals surface area contributed by atoms with Gasteiger partial charge in [-0.3, -0.25) is 0 Å². The molecule has 0 saturated heterocycles. The summed E-state index contributed by atoms with van der Waals surface area (Å²) in [5.74, 6) is 0.871. The van der Waals surface area contributed by atoms with E-state index in [0.717, 1.165) is 23.3 Å². The first-order valence-electron chi connectivity index (χ1n) is 8.86. The lowest BCUT2D eigenvalue weighted by atomic mass is 10.1. The van der Waals surface area contributed by atoms with E-state index in [2.05, 4.69) is 33.6 Å². The quantitative estimate of drug-likeness (QED) is 0.575. The summed E-state index contributed by atoms with van der Waals surface area (Å²) in [6, 6.07) is 14.0. The lowest BCUT2D eigenvalue weighted by Crippen LogP contribution is -2.20. The Balaban J connectivity index is 1.76. The number of rotatable bonds is 9. The van der Waals surface area contributed by atoms with Gasteiger partial charge in [0.05, 0.1) is 5.52 Å². The third-order valence-electron chi connectivity index (χ3n) is 4.23. The summed E-state index contributed by atoms with van der Waals surface area (Å²) in [5.41, 5.74) is 1.98. The number of unbranched alkanes of at least 4 members (excludes halogenated alkanes) is 4. The normalized spacial score (nSPS) is 12.4. The first-order valence-corrected chi connectivity index (χ1v) is 8.86. The van der Waals surface area contributed by atoms with Crippen molar-refractivity contribution >= 4 is 16.9 Å². The largest absolute Gasteiger partial charge is 0.348 e. The highest BCUT2D eigenvalue weighted by Crippen LogP contribution is 2.22. The van der Waals surface area contributed by atoms with Gasteiger partial charge in [0.25, 0.3) is 0 Å². The monoisotopic (exact) mass is 323 g/mol. The van der Waals surface area contributed by atoms with Crippen LogP contribution >= 0.6 is 0 Å². The second kappa shape index (κ2) is 8.43. The number of fused-ring (bicyclic) bond motifs is 1. The molecule has 0 fully saturated rings. The number of nitrogens with one attached hydrogen (secondary N) is 1. The minimum Gasteiger partial charge on any atom is -0.348 e. The van der Waals surface area contributed by atoms with Crippen molar-refractivity contribution in [3.05, 3.63) is 48.7 Å². The molecule has 0 spiro atoms. The Kier molecular flexibility index (Phi) is 5.77. The van der Waals surface area contributed by atoms with Crippen LogP contribution in [0.4, 0.5) is 5.82 Å². The van der Waals surface area contributed by atoms with Crippen LogP contribution in [0.3, 0.4) is 0 Å². The van der Waals surface area contributed by atoms with Gasteiger partial charge >= 0.3 is 0 Å². The van der Waals surface area contributed by atoms with Gasteiger partial charge in [-0.15, -0.1) is 5.10 Å². The van der Waals surface area contributed by atoms with Crippen molar-refractivity contribution in [1.29, 1.82) is 0 Å². The smallest absolute Gasteiger partial charge is 0.127 e. The molecule has 1 N–H and O–H groups in total. The predicted octanol–water partition coefficient (Wildman–Crippen LogP) is 4.80. The molecule has 0 amide bonds. The minimum atomic E-state index is 0.0638. The molecule has 3 rings (SSSR count). The molecule has 2 heterocycles. The lowest BCUT2D eigenvalue weighted by Gasteiger charge is -2.20. The van der Waals surface area contributed by atoms with Crippen molar-refractivity contribution in [2.75, 3.05) is 5.32 Å². The molecule has 3 aromatic rings. The summed E-state index contributed by atoms with van der Waals surface area (Å²) in [6.45, 7) is 2.24. The predicted molar refractivity (Wildman–Crippen MR) is 97.8 cm³/mol. The highest BCUT2D eigenvalue weighted by molar-refractivity contribution is 5.74. The third kappa shape index (κ3) is 4.10. The van der Waals surface area contributed by atoms with Gasteiger partial charge in [0, 0.05) is 6.20 Å². The average Bonchev–Trinajstić information content (AvgIpc) is 3.05. The Hall–Kier alpha value is -2.43. The Morgan fingerprint density at radius 2 is 1.83 bits per heavy atom. The molecule has 0 aliphatic heterocycles. The fraction of sp³-hybridized carbons (Fsp3) is 0.421. The van der Waals surface area contributed by atoms with Crippen molar-refractivity contribution in [3.8, 4) is 0 Å². The van der Waals surface area contributed by atoms with E-state index in [9.17, 15) is 0 Å². The Morgan fingerprint density at radius 1 is 1.00 bits per heavy atom. The van der Waals surface area contributed by atoms with Crippen LogP contribution in [0.2, 0.25) is 0 Å². The second-order valence-electron chi connectivity index (χ2n) is 6.10. The number of benzene rings is 1. The van der Waals surface area contributed by atoms with Crippen LogP contribution in [-0.2, 0) is 0 Å². The molecule has 0 unspecified atom stereocenters. The van der Waals surface area contributed by atoms with Crippen LogP contribution < -0.4 is 5.32 Å². The highest BCUT2D eigenvalue weighted by Gasteiger charge is 2.15. The molecule has 2 aromatic heterocycles. The van der Waals surface area contributed by atoms with Crippen LogP contribution in [0.1, 0.15) is 51.6 Å². The van der Waals surface area contributed by atoms with Gasteiger partial charge in [-0.05, 0) is 37.1 Å². The molecule has 5 heteroatoms. The number of hydrogen-bond donors (Lipinski definition) is 1. The van der Waals surface area contributed by atoms with E-state index < -0.39 is 0 Å². The first kappa shape index (κ1) is 16.4. The molecule has 0 aliphatic carbocycles. The van der Waals surface area contributed by atoms with E-state index in [4.69, 9.17) is 0 Å². The molecular formula is C19H25N5. The maximum Gasteiger partial charge on any atom is 0.127 e. The number of hydrogen-bond acceptors (Lipinski definition) is 4. The van der Waals surface area contributed by atoms with Gasteiger partial charge in [-0.25, -0.2) is 9.67 Å². The van der Waals surface area contributed by atoms with Crippen LogP contribution in [0.15, 0.2) is 48.7 Å². The van der Waals surface area contributed by atoms with Gasteiger partial charge in [-0.2, -0.15) is 0 Å². The first-order chi connectivity index (χ1) is 11.9. The molecule has 0 radical (unpaired) electrons. The Morgan fingerprint density at radius 3 is 2.67 bits per heavy atom. The van der Waals surface area contributed by atoms with Crippen LogP contribution in [0.25, 0.3) is 11.0 Å². The molecule has 0 bridgehead atoms. The van der Waals surface area contributed by atoms with Crippen molar-refractivity contribution in [2.24, 2.45) is 0 Å². The highest BCUT2D eigenvalue weighted by atomic mass is 15.5. The van der Waals surface area contributed by atoms with E-state index in [0.29, 0.717) is 0 Å². The van der Waals surface area contributed by atoms with E-state index in [1.54, 1.807) is 6.20 Å². The summed E-state index contributed by atoms with van der Waals surface area (Å²) in [6.07, 6.45) is 9.17. The maximum absolute atomic E-state index is 4.39. The van der Waals surface area contributed by atoms with Crippen LogP contribution in [-0.4, -0.2) is 20.0 Å². The van der Waals surface area contributed by atoms with Gasteiger partial charge in [0.1, 0.15) is 17.5 Å². The summed E-state index contributed by atoms with van der Waals surface area (Å²) < 4.78 is 1.99. The van der Waals surface area contributed by atoms with E-state index in [1.165, 1.54) is 32.1 Å². The van der Waals surface area contributed by atoms with E-state index >= 15 is 0 Å². The van der Waals surface area contributed by atoms with Crippen molar-refractivity contribution in [2.45, 2.75) is 51.6 Å². The van der Waals surface area contributed by atoms with Crippen molar-refractivity contribution in [3.63, 3.8) is 0 Å². The van der Waals surface area contributed by atoms with Crippen molar-refractivity contribution < 1.29 is 0 Å². The minimum absolute atomic E-state index is 0.0638. The summed E-state index contributed by atoms with van der Waals surface area (Å²) >= 11 is 0. The number of aromatic nitrogens is 4. The molecule has 0 aliphatic rings. The topological polar surface area (TPSA) is 55.6 Å². The van der Waals surface area contributed by atoms with Gasteiger partial charge in [0.15, 0.2) is 0 Å². The lowest BCUT2D eigenvalue weighted by molar-refractivity contribution is 0.444. The molecule has 0 saturated carbocycles. The molecule has 1 aromatic carbocycles. The second-order valence-corrected chi connectivity index (χ2v) is 6.10. The zero-order valence-corrected chi connectivity index (χ0v) is 14.2. The number of anilines is 1. The van der Waals surface area contributed by atoms with Gasteiger partial charge in [0.2, 0.25) is 0 Å². The van der Waals surface area contributed by atoms with Crippen LogP contribution in [0.5, 0.6) is 0 Å². The Bertz CT molecular complexity index is 738. The Labute approximate surface area is 143 Å². The van der Waals surface area contributed by atoms with Gasteiger partial charge < -0.3 is 5.32 Å². The standard InChI is InChI=1S/C19H25N5/c1-2-3-4-5-6-14-19(21-18-13-9-10-15-20-18)24-17-12-8-7-11-16(17)22-23-24/h7-13,15,19H,2-6,14H2,1H3,(H,20,21)/t19-/m1/s1. The average molecular weight is 323 g/mol. The van der Waals surface area contributed by atoms with E-state index in [1.807, 2.05) is 41.1 Å². The summed E-state index contributed by atoms with van der Waals surface area (Å²) in [5, 5.41) is 12.2. The van der Waals surface area contributed by atoms with E-state index in [-0.39, 0.29) is 6.17 Å². The van der Waals surface area contributed by atoms with Crippen LogP contribution in [0, 0.1) is 0 Å². The molecule has 24 heavy (non-hydrogen) atoms. The zero-order valence-electron chi connectivity index (χ0n) is 14.2. The number of nitrogens with zero attached hydrogens (tertiary/aromatic N) is 4. The zero-order chi connectivity index (χ0) is 16.6.